The van der Waals surface area contributed by atoms with Gasteiger partial charge >= 0.3 is 12.1 Å². The third-order valence-corrected chi connectivity index (χ3v) is 14.3. The third-order valence-electron chi connectivity index (χ3n) is 11.8. The Hall–Kier alpha value is -6.47. The molecule has 4 N–H and O–H groups in total. The quantitative estimate of drug-likeness (QED) is 0.0319. The van der Waals surface area contributed by atoms with Gasteiger partial charge in [0.25, 0.3) is 0 Å². The van der Waals surface area contributed by atoms with Crippen LogP contribution in [0, 0.1) is 5.92 Å². The monoisotopic (exact) mass is 921 g/mol. The van der Waals surface area contributed by atoms with E-state index in [4.69, 9.17) is 9.47 Å². The molecule has 0 saturated heterocycles. The Morgan fingerprint density at radius 1 is 0.697 bits per heavy atom. The van der Waals surface area contributed by atoms with E-state index in [0.29, 0.717) is 0 Å². The number of fused-ring (bicyclic) bond motifs is 3. The first-order chi connectivity index (χ1) is 32.1. The molecule has 340 valence electrons. The molecule has 6 aromatic rings. The maximum atomic E-state index is 14.8. The first kappa shape index (κ1) is 47.5. The number of aliphatic hydroxyl groups is 1. The molecule has 0 radical (unpaired) electrons. The van der Waals surface area contributed by atoms with Crippen LogP contribution < -0.4 is 16.0 Å². The molecule has 66 heavy (non-hydrogen) atoms. The summed E-state index contributed by atoms with van der Waals surface area (Å²) in [6, 6.07) is 46.6. The van der Waals surface area contributed by atoms with Crippen LogP contribution >= 0.6 is 23.1 Å². The van der Waals surface area contributed by atoms with E-state index in [1.165, 1.54) is 29.2 Å². The average Bonchev–Trinajstić information content (AvgIpc) is 3.98. The fourth-order valence-electron chi connectivity index (χ4n) is 8.53. The molecule has 10 nitrogen and oxygen atoms in total. The van der Waals surface area contributed by atoms with E-state index in [1.807, 2.05) is 159 Å². The molecule has 1 aromatic heterocycles. The Bertz CT molecular complexity index is 2410. The maximum absolute atomic E-state index is 14.8. The molecule has 0 unspecified atom stereocenters. The lowest BCUT2D eigenvalue weighted by atomic mass is 9.84. The molecule has 0 bridgehead atoms. The van der Waals surface area contributed by atoms with Crippen molar-refractivity contribution in [2.75, 3.05) is 19.0 Å². The summed E-state index contributed by atoms with van der Waals surface area (Å²) in [4.78, 5) is 56.8. The molecule has 4 atom stereocenters. The number of hydrogen-bond donors (Lipinski definition) is 4. The summed E-state index contributed by atoms with van der Waals surface area (Å²) in [5, 5.41) is 22.1. The molecule has 3 amide bonds. The molecule has 0 saturated carbocycles. The van der Waals surface area contributed by atoms with E-state index in [1.54, 1.807) is 0 Å². The van der Waals surface area contributed by atoms with E-state index in [0.717, 1.165) is 43.8 Å². The predicted octanol–water partition coefficient (Wildman–Crippen LogP) is 9.03. The van der Waals surface area contributed by atoms with Gasteiger partial charge in [0.1, 0.15) is 25.3 Å². The van der Waals surface area contributed by atoms with Crippen molar-refractivity contribution in [3.05, 3.63) is 202 Å². The normalized spacial score (nSPS) is 13.9. The largest absolute Gasteiger partial charge is 0.461 e. The van der Waals surface area contributed by atoms with E-state index >= 15 is 0 Å². The molecule has 12 heteroatoms. The molecule has 1 aliphatic rings. The topological polar surface area (TPSA) is 143 Å². The number of thiophene rings is 1. The SMILES string of the molecule is C=CCOC(=O)C[C@H](O)[C@H](NC(=O)[C@@H](CSC(c1ccccc1)(c1ccccc1)c1ccccc1)NC(=O)[C@@H](Cc1cccs1)NC(=O)OCC1c2ccccc2-c2ccccc21)C(C)C. The molecule has 5 aromatic carbocycles. The number of benzene rings is 5. The number of esters is 1. The number of ether oxygens (including phenoxy) is 2. The predicted molar refractivity (Wildman–Crippen MR) is 262 cm³/mol. The minimum absolute atomic E-state index is 0.0156. The number of amides is 3. The lowest BCUT2D eigenvalue weighted by Gasteiger charge is -2.37. The summed E-state index contributed by atoms with van der Waals surface area (Å²) in [5.74, 6) is -2.28. The summed E-state index contributed by atoms with van der Waals surface area (Å²) >= 11 is 2.92. The number of thioether (sulfide) groups is 1. The highest BCUT2D eigenvalue weighted by Crippen LogP contribution is 2.49. The highest BCUT2D eigenvalue weighted by Gasteiger charge is 2.40. The Labute approximate surface area is 394 Å². The summed E-state index contributed by atoms with van der Waals surface area (Å²) in [6.07, 6.45) is -0.863. The molecular formula is C54H55N3O7S2. The minimum Gasteiger partial charge on any atom is -0.461 e. The third kappa shape index (κ3) is 11.3. The van der Waals surface area contributed by atoms with Crippen molar-refractivity contribution in [3.63, 3.8) is 0 Å². The van der Waals surface area contributed by atoms with Crippen LogP contribution in [0.25, 0.3) is 11.1 Å². The van der Waals surface area contributed by atoms with Gasteiger partial charge in [-0.3, -0.25) is 14.4 Å². The Morgan fingerprint density at radius 2 is 1.23 bits per heavy atom. The Balaban J connectivity index is 1.19. The second-order valence-electron chi connectivity index (χ2n) is 16.5. The van der Waals surface area contributed by atoms with Crippen LogP contribution in [0.2, 0.25) is 0 Å². The lowest BCUT2D eigenvalue weighted by Crippen LogP contribution is -2.58. The number of carbonyl (C=O) groups excluding carboxylic acids is 4. The van der Waals surface area contributed by atoms with E-state index in [9.17, 15) is 24.3 Å². The lowest BCUT2D eigenvalue weighted by molar-refractivity contribution is -0.145. The van der Waals surface area contributed by atoms with Crippen LogP contribution in [0.3, 0.4) is 0 Å². The number of aliphatic hydroxyl groups excluding tert-OH is 1. The fourth-order valence-corrected chi connectivity index (χ4v) is 10.8. The van der Waals surface area contributed by atoms with Gasteiger partial charge in [-0.2, -0.15) is 0 Å². The summed E-state index contributed by atoms with van der Waals surface area (Å²) < 4.78 is 10.2. The molecule has 0 fully saturated rings. The van der Waals surface area contributed by atoms with Crippen LogP contribution in [-0.4, -0.2) is 72.2 Å². The zero-order valence-corrected chi connectivity index (χ0v) is 38.6. The van der Waals surface area contributed by atoms with Gasteiger partial charge in [-0.25, -0.2) is 4.79 Å². The van der Waals surface area contributed by atoms with Gasteiger partial charge in [0.05, 0.1) is 23.3 Å². The van der Waals surface area contributed by atoms with Crippen LogP contribution in [0.4, 0.5) is 4.79 Å². The zero-order chi connectivity index (χ0) is 46.5. The number of hydrogen-bond acceptors (Lipinski definition) is 9. The van der Waals surface area contributed by atoms with Crippen LogP contribution in [0.15, 0.2) is 170 Å². The molecule has 7 rings (SSSR count). The summed E-state index contributed by atoms with van der Waals surface area (Å²) in [7, 11) is 0. The highest BCUT2D eigenvalue weighted by molar-refractivity contribution is 8.00. The van der Waals surface area contributed by atoms with E-state index in [2.05, 4.69) is 34.7 Å². The molecule has 0 spiro atoms. The molecule has 1 aliphatic carbocycles. The Morgan fingerprint density at radius 3 is 1.74 bits per heavy atom. The van der Waals surface area contributed by atoms with Crippen molar-refractivity contribution in [1.82, 2.24) is 16.0 Å². The molecular weight excluding hydrogens is 867 g/mol. The second-order valence-corrected chi connectivity index (χ2v) is 18.7. The van der Waals surface area contributed by atoms with Crippen molar-refractivity contribution in [1.29, 1.82) is 0 Å². The van der Waals surface area contributed by atoms with Crippen molar-refractivity contribution in [3.8, 4) is 11.1 Å². The van der Waals surface area contributed by atoms with Crippen molar-refractivity contribution in [2.24, 2.45) is 5.92 Å². The van der Waals surface area contributed by atoms with E-state index < -0.39 is 52.9 Å². The minimum atomic E-state index is -1.30. The van der Waals surface area contributed by atoms with Gasteiger partial charge in [-0.05, 0) is 56.3 Å². The maximum Gasteiger partial charge on any atom is 0.407 e. The standard InChI is InChI=1S/C54H55N3O7S2/c1-4-30-63-49(59)33-48(58)50(36(2)3)57-52(61)47(35-66-54(37-19-8-5-9-20-37,38-21-10-6-11-22-38)39-23-12-7-13-24-39)55-51(60)46(32-40-25-18-31-65-40)56-53(62)64-34-45-43-28-16-14-26-41(43)42-27-15-17-29-44(42)45/h4-29,31,36,45-48,50,58H,1,30,32-35H2,2-3H3,(H,55,60)(H,56,62)(H,57,61)/t46-,47-,48+,50-/m1/s1. The zero-order valence-electron chi connectivity index (χ0n) is 37.0. The summed E-state index contributed by atoms with van der Waals surface area (Å²) in [5.41, 5.74) is 7.17. The number of carbonyl (C=O) groups is 4. The number of alkyl carbamates (subject to hydrolysis) is 1. The highest BCUT2D eigenvalue weighted by atomic mass is 32.2. The van der Waals surface area contributed by atoms with Crippen molar-refractivity contribution < 1.29 is 33.8 Å². The van der Waals surface area contributed by atoms with Gasteiger partial charge in [0.2, 0.25) is 11.8 Å². The van der Waals surface area contributed by atoms with Gasteiger partial charge in [-0.15, -0.1) is 23.1 Å². The van der Waals surface area contributed by atoms with Crippen LogP contribution in [0.5, 0.6) is 0 Å². The van der Waals surface area contributed by atoms with Crippen LogP contribution in [-0.2, 0) is 35.0 Å². The summed E-state index contributed by atoms with van der Waals surface area (Å²) in [6.45, 7) is 7.26. The van der Waals surface area contributed by atoms with Gasteiger partial charge in [0, 0.05) is 23.0 Å². The molecule has 0 aliphatic heterocycles. The average molecular weight is 922 g/mol. The van der Waals surface area contributed by atoms with Crippen molar-refractivity contribution in [2.45, 2.75) is 61.6 Å². The smallest absolute Gasteiger partial charge is 0.407 e. The van der Waals surface area contributed by atoms with Gasteiger partial charge < -0.3 is 30.5 Å². The first-order valence-electron chi connectivity index (χ1n) is 22.1. The van der Waals surface area contributed by atoms with E-state index in [-0.39, 0.29) is 43.6 Å². The Kier molecular flexibility index (Phi) is 16.3. The van der Waals surface area contributed by atoms with Crippen LogP contribution in [0.1, 0.15) is 58.9 Å². The van der Waals surface area contributed by atoms with Crippen molar-refractivity contribution >= 4 is 47.0 Å². The number of nitrogens with one attached hydrogen (secondary N) is 3. The van der Waals surface area contributed by atoms with Gasteiger partial charge in [-0.1, -0.05) is 172 Å². The second kappa shape index (κ2) is 22.6. The first-order valence-corrected chi connectivity index (χ1v) is 23.9. The number of rotatable bonds is 21. The molecule has 1 heterocycles. The fraction of sp³-hybridized carbons (Fsp3) is 0.259. The van der Waals surface area contributed by atoms with Gasteiger partial charge in [0.15, 0.2) is 0 Å².